The van der Waals surface area contributed by atoms with Crippen LogP contribution in [0.15, 0.2) is 35.5 Å². The van der Waals surface area contributed by atoms with Crippen LogP contribution in [0.4, 0.5) is 0 Å². The van der Waals surface area contributed by atoms with Gasteiger partial charge >= 0.3 is 0 Å². The molecule has 0 N–H and O–H groups in total. The number of aldehydes is 1. The first-order chi connectivity index (χ1) is 7.22. The minimum atomic E-state index is 0.0419. The second-order valence-electron chi connectivity index (χ2n) is 4.64. The van der Waals surface area contributed by atoms with E-state index in [-0.39, 0.29) is 18.1 Å². The molecule has 0 aromatic heterocycles. The van der Waals surface area contributed by atoms with Crippen molar-refractivity contribution in [3.05, 3.63) is 35.5 Å². The van der Waals surface area contributed by atoms with Crippen LogP contribution in [-0.4, -0.2) is 18.5 Å². The van der Waals surface area contributed by atoms with E-state index in [2.05, 4.69) is 13.2 Å². The molecule has 2 aliphatic heterocycles. The largest absolute Gasteiger partial charge is 0.357 e. The van der Waals surface area contributed by atoms with E-state index in [1.165, 1.54) is 11.1 Å². The van der Waals surface area contributed by atoms with Crippen molar-refractivity contribution in [3.63, 3.8) is 0 Å². The summed E-state index contributed by atoms with van der Waals surface area (Å²) in [5, 5.41) is 0. The van der Waals surface area contributed by atoms with Gasteiger partial charge < -0.3 is 9.53 Å². The maximum Gasteiger partial charge on any atom is 0.123 e. The van der Waals surface area contributed by atoms with Gasteiger partial charge in [-0.25, -0.2) is 0 Å². The van der Waals surface area contributed by atoms with Crippen LogP contribution in [0, 0.1) is 5.92 Å². The van der Waals surface area contributed by atoms with Gasteiger partial charge in [-0.05, 0) is 41.6 Å². The van der Waals surface area contributed by atoms with Gasteiger partial charge in [-0.1, -0.05) is 13.2 Å². The molecule has 3 unspecified atom stereocenters. The van der Waals surface area contributed by atoms with Crippen LogP contribution in [0.25, 0.3) is 0 Å². The first-order valence-corrected chi connectivity index (χ1v) is 5.43. The Balaban J connectivity index is 1.99. The summed E-state index contributed by atoms with van der Waals surface area (Å²) in [4.78, 5) is 10.8. The first kappa shape index (κ1) is 9.10. The smallest absolute Gasteiger partial charge is 0.123 e. The topological polar surface area (TPSA) is 26.3 Å². The molecule has 0 aromatic carbocycles. The molecule has 0 aromatic rings. The zero-order valence-corrected chi connectivity index (χ0v) is 8.66. The van der Waals surface area contributed by atoms with Crippen molar-refractivity contribution in [3.8, 4) is 0 Å². The lowest BCUT2D eigenvalue weighted by Gasteiger charge is -2.26. The molecule has 15 heavy (non-hydrogen) atoms. The minimum absolute atomic E-state index is 0.0419. The molecule has 2 heterocycles. The van der Waals surface area contributed by atoms with E-state index in [1.807, 2.05) is 0 Å². The average molecular weight is 202 g/mol. The zero-order chi connectivity index (χ0) is 10.6. The Morgan fingerprint density at radius 3 is 2.53 bits per heavy atom. The van der Waals surface area contributed by atoms with Crippen molar-refractivity contribution >= 4 is 6.29 Å². The van der Waals surface area contributed by atoms with Gasteiger partial charge in [0.15, 0.2) is 0 Å². The highest BCUT2D eigenvalue weighted by molar-refractivity contribution is 5.60. The number of ether oxygens (including phenoxy) is 1. The van der Waals surface area contributed by atoms with Crippen LogP contribution >= 0.6 is 0 Å². The summed E-state index contributed by atoms with van der Waals surface area (Å²) >= 11 is 0. The monoisotopic (exact) mass is 202 g/mol. The summed E-state index contributed by atoms with van der Waals surface area (Å²) in [6.07, 6.45) is 4.03. The summed E-state index contributed by atoms with van der Waals surface area (Å²) in [5.74, 6) is 0.188. The van der Waals surface area contributed by atoms with Crippen molar-refractivity contribution < 1.29 is 9.53 Å². The Morgan fingerprint density at radius 2 is 1.87 bits per heavy atom. The van der Waals surface area contributed by atoms with E-state index in [0.29, 0.717) is 0 Å². The summed E-state index contributed by atoms with van der Waals surface area (Å²) in [6, 6.07) is 0. The van der Waals surface area contributed by atoms with Crippen LogP contribution in [0.3, 0.4) is 0 Å². The molecule has 1 aliphatic carbocycles. The van der Waals surface area contributed by atoms with E-state index >= 15 is 0 Å². The molecule has 3 aliphatic rings. The van der Waals surface area contributed by atoms with Gasteiger partial charge in [-0.3, -0.25) is 0 Å². The first-order valence-electron chi connectivity index (χ1n) is 5.43. The van der Waals surface area contributed by atoms with E-state index in [0.717, 1.165) is 36.7 Å². The zero-order valence-electron chi connectivity index (χ0n) is 8.66. The summed E-state index contributed by atoms with van der Waals surface area (Å²) in [5.41, 5.74) is 4.77. The summed E-state index contributed by atoms with van der Waals surface area (Å²) in [6.45, 7) is 8.03. The molecular formula is C13H14O2. The Kier molecular flexibility index (Phi) is 1.77. The van der Waals surface area contributed by atoms with Crippen LogP contribution < -0.4 is 0 Å². The lowest BCUT2D eigenvalue weighted by atomic mass is 9.75. The van der Waals surface area contributed by atoms with Crippen LogP contribution in [0.5, 0.6) is 0 Å². The fraction of sp³-hybridized carbons (Fsp3) is 0.462. The standard InChI is InChI=1S/C13H14O2/c1-7-8(2)13-11-5-9(6-14)3-4-10(11)12(7)15-13/h6,9,12-13H,1-5H2. The number of carbonyl (C=O) groups excluding carboxylic acids is 1. The predicted octanol–water partition coefficient (Wildman–Crippen LogP) is 2.18. The molecule has 0 radical (unpaired) electrons. The normalized spacial score (nSPS) is 38.5. The highest BCUT2D eigenvalue weighted by Crippen LogP contribution is 2.50. The van der Waals surface area contributed by atoms with Crippen molar-refractivity contribution in [2.45, 2.75) is 31.5 Å². The number of fused-ring (bicyclic) bond motifs is 4. The second kappa shape index (κ2) is 2.92. The number of hydrogen-bond donors (Lipinski definition) is 0. The van der Waals surface area contributed by atoms with Gasteiger partial charge in [-0.2, -0.15) is 0 Å². The van der Waals surface area contributed by atoms with E-state index in [4.69, 9.17) is 4.74 Å². The quantitative estimate of drug-likeness (QED) is 0.481. The Labute approximate surface area is 89.3 Å². The van der Waals surface area contributed by atoms with Gasteiger partial charge in [0, 0.05) is 5.92 Å². The number of carbonyl (C=O) groups is 1. The maximum absolute atomic E-state index is 10.8. The average Bonchev–Trinajstić information content (AvgIpc) is 2.77. The van der Waals surface area contributed by atoms with Crippen molar-refractivity contribution in [1.29, 1.82) is 0 Å². The van der Waals surface area contributed by atoms with E-state index in [9.17, 15) is 4.79 Å². The number of hydrogen-bond acceptors (Lipinski definition) is 2. The molecule has 0 saturated carbocycles. The third kappa shape index (κ3) is 1.06. The van der Waals surface area contributed by atoms with E-state index < -0.39 is 0 Å². The SMILES string of the molecule is C=C1C(=C)C2OC1C1=C2CC(C=O)CC1. The molecular weight excluding hydrogens is 188 g/mol. The van der Waals surface area contributed by atoms with Gasteiger partial charge in [0.2, 0.25) is 0 Å². The highest BCUT2D eigenvalue weighted by Gasteiger charge is 2.46. The Hall–Kier alpha value is -1.15. The molecule has 3 rings (SSSR count). The van der Waals surface area contributed by atoms with Crippen molar-refractivity contribution in [1.82, 2.24) is 0 Å². The summed E-state index contributed by atoms with van der Waals surface area (Å²) in [7, 11) is 0. The minimum Gasteiger partial charge on any atom is -0.357 e. The third-order valence-electron chi connectivity index (χ3n) is 3.82. The van der Waals surface area contributed by atoms with Gasteiger partial charge in [-0.15, -0.1) is 0 Å². The molecule has 3 atom stereocenters. The lowest BCUT2D eigenvalue weighted by molar-refractivity contribution is -0.111. The van der Waals surface area contributed by atoms with Crippen LogP contribution in [-0.2, 0) is 9.53 Å². The van der Waals surface area contributed by atoms with Crippen LogP contribution in [0.1, 0.15) is 19.3 Å². The Morgan fingerprint density at radius 1 is 1.20 bits per heavy atom. The van der Waals surface area contributed by atoms with Gasteiger partial charge in [0.25, 0.3) is 0 Å². The van der Waals surface area contributed by atoms with Crippen LogP contribution in [0.2, 0.25) is 0 Å². The van der Waals surface area contributed by atoms with E-state index in [1.54, 1.807) is 0 Å². The number of rotatable bonds is 1. The lowest BCUT2D eigenvalue weighted by Crippen LogP contribution is -2.21. The molecule has 0 spiro atoms. The molecule has 1 fully saturated rings. The molecule has 0 amide bonds. The molecule has 1 saturated heterocycles. The molecule has 2 bridgehead atoms. The molecule has 2 heteroatoms. The molecule has 2 nitrogen and oxygen atoms in total. The predicted molar refractivity (Wildman–Crippen MR) is 57.4 cm³/mol. The second-order valence-corrected chi connectivity index (χ2v) is 4.64. The van der Waals surface area contributed by atoms with Crippen molar-refractivity contribution in [2.75, 3.05) is 0 Å². The molecule has 78 valence electrons. The van der Waals surface area contributed by atoms with Crippen molar-refractivity contribution in [2.24, 2.45) is 5.92 Å². The van der Waals surface area contributed by atoms with Gasteiger partial charge in [0.1, 0.15) is 18.5 Å². The van der Waals surface area contributed by atoms with Gasteiger partial charge in [0.05, 0.1) is 0 Å². The third-order valence-corrected chi connectivity index (χ3v) is 3.82. The highest BCUT2D eigenvalue weighted by atomic mass is 16.5. The summed E-state index contributed by atoms with van der Waals surface area (Å²) < 4.78 is 5.85. The maximum atomic E-state index is 10.8. The fourth-order valence-electron chi connectivity index (χ4n) is 2.93. The Bertz CT molecular complexity index is 403. The fourth-order valence-corrected chi connectivity index (χ4v) is 2.93.